The summed E-state index contributed by atoms with van der Waals surface area (Å²) in [4.78, 5) is 15.0. The van der Waals surface area contributed by atoms with Crippen molar-refractivity contribution in [2.24, 2.45) is 0 Å². The molecule has 0 amide bonds. The van der Waals surface area contributed by atoms with Gasteiger partial charge in [0.2, 0.25) is 0 Å². The number of thiazole rings is 1. The molecule has 0 aliphatic rings. The van der Waals surface area contributed by atoms with Crippen molar-refractivity contribution in [2.75, 3.05) is 13.2 Å². The van der Waals surface area contributed by atoms with Gasteiger partial charge in [0, 0.05) is 30.2 Å². The van der Waals surface area contributed by atoms with E-state index in [-0.39, 0.29) is 23.8 Å². The van der Waals surface area contributed by atoms with E-state index in [2.05, 4.69) is 31.1 Å². The number of nitrogens with zero attached hydrogens (tertiary/aromatic N) is 2. The highest BCUT2D eigenvalue weighted by molar-refractivity contribution is 7.18. The number of aromatic nitrogens is 1. The lowest BCUT2D eigenvalue weighted by molar-refractivity contribution is -0.384. The Hall–Kier alpha value is -1.57. The highest BCUT2D eigenvalue weighted by Crippen LogP contribution is 2.32. The van der Waals surface area contributed by atoms with Crippen LogP contribution in [0, 0.1) is 10.1 Å². The van der Waals surface area contributed by atoms with E-state index in [1.807, 2.05) is 0 Å². The van der Waals surface area contributed by atoms with Gasteiger partial charge in [0.05, 0.1) is 20.1 Å². The molecule has 6 nitrogen and oxygen atoms in total. The van der Waals surface area contributed by atoms with E-state index in [0.717, 1.165) is 22.7 Å². The minimum Gasteiger partial charge on any atom is -0.396 e. The third-order valence-corrected chi connectivity index (χ3v) is 4.77. The zero-order valence-electron chi connectivity index (χ0n) is 13.7. The summed E-state index contributed by atoms with van der Waals surface area (Å²) in [6.45, 7) is 7.29. The minimum absolute atomic E-state index is 0.0535. The molecule has 1 aromatic heterocycles. The van der Waals surface area contributed by atoms with Crippen LogP contribution in [0.3, 0.4) is 0 Å². The van der Waals surface area contributed by atoms with Crippen LogP contribution in [0.1, 0.15) is 44.5 Å². The molecule has 23 heavy (non-hydrogen) atoms. The number of non-ortho nitro benzene ring substituents is 1. The van der Waals surface area contributed by atoms with Gasteiger partial charge < -0.3 is 10.4 Å². The maximum atomic E-state index is 10.9. The summed E-state index contributed by atoms with van der Waals surface area (Å²) in [6.07, 6.45) is 1.52. The molecule has 1 heterocycles. The lowest BCUT2D eigenvalue weighted by Gasteiger charge is -2.22. The molecule has 0 aliphatic heterocycles. The monoisotopic (exact) mass is 337 g/mol. The largest absolute Gasteiger partial charge is 0.396 e. The minimum atomic E-state index is -0.406. The van der Waals surface area contributed by atoms with Crippen LogP contribution in [0.25, 0.3) is 10.2 Å². The number of nitro groups is 1. The van der Waals surface area contributed by atoms with E-state index in [4.69, 9.17) is 0 Å². The predicted molar refractivity (Wildman–Crippen MR) is 93.1 cm³/mol. The van der Waals surface area contributed by atoms with Crippen LogP contribution < -0.4 is 5.32 Å². The Bertz CT molecular complexity index is 679. The molecule has 1 atom stereocenters. The summed E-state index contributed by atoms with van der Waals surface area (Å²) in [5.74, 6) is 0.159. The molecule has 0 radical (unpaired) electrons. The molecule has 0 spiro atoms. The Morgan fingerprint density at radius 1 is 1.39 bits per heavy atom. The van der Waals surface area contributed by atoms with Crippen molar-refractivity contribution in [2.45, 2.75) is 45.1 Å². The fourth-order valence-electron chi connectivity index (χ4n) is 2.39. The molecule has 2 N–H and O–H groups in total. The molecule has 2 aromatic rings. The Balaban J connectivity index is 2.18. The van der Waals surface area contributed by atoms with Crippen molar-refractivity contribution in [1.29, 1.82) is 0 Å². The lowest BCUT2D eigenvalue weighted by atomic mass is 10.0. The van der Waals surface area contributed by atoms with Gasteiger partial charge in [0.1, 0.15) is 0 Å². The van der Waals surface area contributed by atoms with Gasteiger partial charge in [-0.15, -0.1) is 11.3 Å². The second-order valence-electron chi connectivity index (χ2n) is 6.64. The Morgan fingerprint density at radius 3 is 2.74 bits per heavy atom. The van der Waals surface area contributed by atoms with E-state index >= 15 is 0 Å². The molecule has 0 bridgehead atoms. The van der Waals surface area contributed by atoms with Gasteiger partial charge in [-0.3, -0.25) is 10.1 Å². The summed E-state index contributed by atoms with van der Waals surface area (Å²) >= 11 is 1.55. The number of aliphatic hydroxyl groups is 1. The van der Waals surface area contributed by atoms with E-state index in [1.54, 1.807) is 17.4 Å². The number of aliphatic hydroxyl groups excluding tert-OH is 1. The van der Waals surface area contributed by atoms with Crippen LogP contribution in [0.2, 0.25) is 0 Å². The summed E-state index contributed by atoms with van der Waals surface area (Å²) in [5.41, 5.74) is 0.770. The van der Waals surface area contributed by atoms with Crippen LogP contribution in [0.15, 0.2) is 18.2 Å². The molecule has 126 valence electrons. The summed E-state index contributed by atoms with van der Waals surface area (Å²) in [7, 11) is 0. The lowest BCUT2D eigenvalue weighted by Crippen LogP contribution is -2.36. The number of hydrogen-bond acceptors (Lipinski definition) is 6. The van der Waals surface area contributed by atoms with E-state index in [0.29, 0.717) is 11.9 Å². The smallest absolute Gasteiger partial charge is 0.271 e. The highest BCUT2D eigenvalue weighted by Gasteiger charge is 2.18. The first kappa shape index (κ1) is 17.8. The topological polar surface area (TPSA) is 88.3 Å². The second-order valence-corrected chi connectivity index (χ2v) is 7.70. The van der Waals surface area contributed by atoms with Crippen LogP contribution in [0.4, 0.5) is 5.69 Å². The van der Waals surface area contributed by atoms with Crippen molar-refractivity contribution < 1.29 is 10.0 Å². The quantitative estimate of drug-likeness (QED) is 0.597. The molecule has 2 rings (SSSR count). The average molecular weight is 337 g/mol. The summed E-state index contributed by atoms with van der Waals surface area (Å²) in [6, 6.07) is 4.77. The molecule has 0 aliphatic carbocycles. The molecule has 0 fully saturated rings. The third kappa shape index (κ3) is 4.95. The number of fused-ring (bicyclic) bond motifs is 1. The SMILES string of the molecule is CC(C)(C)NCCC(CCO)c1nc2cc([N+](=O)[O-])ccc2s1. The Labute approximate surface area is 139 Å². The first-order chi connectivity index (χ1) is 10.8. The van der Waals surface area contributed by atoms with Gasteiger partial charge in [-0.2, -0.15) is 0 Å². The van der Waals surface area contributed by atoms with E-state index in [9.17, 15) is 15.2 Å². The number of nitrogens with one attached hydrogen (secondary N) is 1. The molecule has 0 saturated heterocycles. The normalized spacial score (nSPS) is 13.4. The molecule has 7 heteroatoms. The van der Waals surface area contributed by atoms with Gasteiger partial charge in [-0.05, 0) is 46.2 Å². The van der Waals surface area contributed by atoms with Crippen LogP contribution in [-0.4, -0.2) is 33.7 Å². The third-order valence-electron chi connectivity index (χ3n) is 3.57. The maximum absolute atomic E-state index is 10.9. The number of rotatable bonds is 7. The maximum Gasteiger partial charge on any atom is 0.271 e. The van der Waals surface area contributed by atoms with Gasteiger partial charge in [-0.25, -0.2) is 4.98 Å². The van der Waals surface area contributed by atoms with Crippen molar-refractivity contribution >= 4 is 27.2 Å². The first-order valence-corrected chi connectivity index (χ1v) is 8.52. The van der Waals surface area contributed by atoms with Crippen molar-refractivity contribution in [3.05, 3.63) is 33.3 Å². The fraction of sp³-hybridized carbons (Fsp3) is 0.562. The molecular weight excluding hydrogens is 314 g/mol. The zero-order chi connectivity index (χ0) is 17.0. The number of hydrogen-bond donors (Lipinski definition) is 2. The van der Waals surface area contributed by atoms with Crippen molar-refractivity contribution in [3.63, 3.8) is 0 Å². The number of nitro benzene ring substituents is 1. The second kappa shape index (κ2) is 7.33. The summed E-state index contributed by atoms with van der Waals surface area (Å²) in [5, 5.41) is 24.6. The van der Waals surface area contributed by atoms with Crippen molar-refractivity contribution in [1.82, 2.24) is 10.3 Å². The van der Waals surface area contributed by atoms with Gasteiger partial charge >= 0.3 is 0 Å². The molecule has 0 saturated carbocycles. The zero-order valence-corrected chi connectivity index (χ0v) is 14.5. The van der Waals surface area contributed by atoms with Crippen LogP contribution in [-0.2, 0) is 0 Å². The Morgan fingerprint density at radius 2 is 2.13 bits per heavy atom. The fourth-order valence-corrected chi connectivity index (χ4v) is 3.51. The first-order valence-electron chi connectivity index (χ1n) is 7.71. The predicted octanol–water partition coefficient (Wildman–Crippen LogP) is 3.45. The number of benzene rings is 1. The molecular formula is C16H23N3O3S. The summed E-state index contributed by atoms with van der Waals surface area (Å²) < 4.78 is 0.942. The van der Waals surface area contributed by atoms with Crippen molar-refractivity contribution in [3.8, 4) is 0 Å². The van der Waals surface area contributed by atoms with E-state index < -0.39 is 4.92 Å². The van der Waals surface area contributed by atoms with Gasteiger partial charge in [0.15, 0.2) is 0 Å². The average Bonchev–Trinajstić information content (AvgIpc) is 2.87. The molecule has 1 unspecified atom stereocenters. The standard InChI is InChI=1S/C16H23N3O3S/c1-16(2,3)17-8-6-11(7-9-20)15-18-13-10-12(19(21)22)4-5-14(13)23-15/h4-5,10-11,17,20H,6-9H2,1-3H3. The molecule has 1 aromatic carbocycles. The van der Waals surface area contributed by atoms with E-state index in [1.165, 1.54) is 12.1 Å². The Kier molecular flexibility index (Phi) is 5.67. The van der Waals surface area contributed by atoms with Crippen LogP contribution in [0.5, 0.6) is 0 Å². The highest BCUT2D eigenvalue weighted by atomic mass is 32.1. The van der Waals surface area contributed by atoms with Gasteiger partial charge in [0.25, 0.3) is 5.69 Å². The van der Waals surface area contributed by atoms with Gasteiger partial charge in [-0.1, -0.05) is 0 Å². The van der Waals surface area contributed by atoms with Crippen LogP contribution >= 0.6 is 11.3 Å².